The van der Waals surface area contributed by atoms with Crippen LogP contribution in [0.15, 0.2) is 17.5 Å². The van der Waals surface area contributed by atoms with Gasteiger partial charge in [-0.2, -0.15) is 0 Å². The van der Waals surface area contributed by atoms with E-state index in [1.54, 1.807) is 11.3 Å². The quantitative estimate of drug-likeness (QED) is 0.924. The summed E-state index contributed by atoms with van der Waals surface area (Å²) in [7, 11) is 0. The van der Waals surface area contributed by atoms with Gasteiger partial charge in [0.25, 0.3) is 0 Å². The molecule has 2 aromatic rings. The summed E-state index contributed by atoms with van der Waals surface area (Å²) in [5.41, 5.74) is 0.894. The minimum Gasteiger partial charge on any atom is -0.339 e. The molecule has 2 aliphatic rings. The zero-order valence-corrected chi connectivity index (χ0v) is 14.4. The van der Waals surface area contributed by atoms with Crippen molar-refractivity contribution in [3.05, 3.63) is 22.4 Å². The molecule has 120 valence electrons. The number of nitrogens with one attached hydrogen (secondary N) is 1. The number of carbonyl (C=O) groups excluding carboxylic acids is 2. The van der Waals surface area contributed by atoms with Gasteiger partial charge in [0.05, 0.1) is 16.5 Å². The number of hydrogen-bond donors (Lipinski definition) is 1. The van der Waals surface area contributed by atoms with Gasteiger partial charge in [-0.05, 0) is 31.9 Å². The zero-order valence-electron chi connectivity index (χ0n) is 12.7. The van der Waals surface area contributed by atoms with Gasteiger partial charge in [-0.3, -0.25) is 9.59 Å². The second kappa shape index (κ2) is 5.72. The van der Waals surface area contributed by atoms with E-state index >= 15 is 0 Å². The summed E-state index contributed by atoms with van der Waals surface area (Å²) in [5.74, 6) is -0.231. The summed E-state index contributed by atoms with van der Waals surface area (Å²) >= 11 is 3.12. The minimum absolute atomic E-state index is 0.0928. The lowest BCUT2D eigenvalue weighted by Gasteiger charge is -2.14. The van der Waals surface area contributed by atoms with Crippen LogP contribution in [0.3, 0.4) is 0 Å². The molecule has 4 rings (SSSR count). The molecule has 1 N–H and O–H groups in total. The number of aryl methyl sites for hydroxylation is 1. The van der Waals surface area contributed by atoms with Gasteiger partial charge < -0.3 is 10.2 Å². The molecular formula is C16H17N3O2S2. The first kappa shape index (κ1) is 14.8. The average Bonchev–Trinajstić information content (AvgIpc) is 2.92. The van der Waals surface area contributed by atoms with Crippen molar-refractivity contribution in [3.63, 3.8) is 0 Å². The third-order valence-electron chi connectivity index (χ3n) is 4.24. The molecular weight excluding hydrogens is 330 g/mol. The van der Waals surface area contributed by atoms with Crippen molar-refractivity contribution in [1.29, 1.82) is 0 Å². The molecule has 1 unspecified atom stereocenters. The zero-order chi connectivity index (χ0) is 16.0. The fraction of sp³-hybridized carbons (Fsp3) is 0.438. The van der Waals surface area contributed by atoms with E-state index in [0.717, 1.165) is 23.4 Å². The van der Waals surface area contributed by atoms with E-state index in [4.69, 9.17) is 0 Å². The molecule has 1 saturated carbocycles. The van der Waals surface area contributed by atoms with Gasteiger partial charge in [-0.1, -0.05) is 0 Å². The van der Waals surface area contributed by atoms with E-state index in [9.17, 15) is 9.59 Å². The largest absolute Gasteiger partial charge is 0.339 e. The first-order chi connectivity index (χ1) is 11.1. The maximum Gasteiger partial charge on any atom is 0.231 e. The molecule has 1 saturated heterocycles. The van der Waals surface area contributed by atoms with Crippen LogP contribution in [0.25, 0.3) is 10.6 Å². The van der Waals surface area contributed by atoms with E-state index in [1.807, 2.05) is 16.3 Å². The number of hydrogen-bond acceptors (Lipinski definition) is 5. The molecule has 2 amide bonds. The van der Waals surface area contributed by atoms with Crippen molar-refractivity contribution in [2.45, 2.75) is 32.2 Å². The van der Waals surface area contributed by atoms with Crippen LogP contribution >= 0.6 is 22.7 Å². The summed E-state index contributed by atoms with van der Waals surface area (Å²) < 4.78 is 0. The first-order valence-corrected chi connectivity index (χ1v) is 9.42. The average molecular weight is 347 g/mol. The Morgan fingerprint density at radius 3 is 2.91 bits per heavy atom. The highest BCUT2D eigenvalue weighted by atomic mass is 32.1. The lowest BCUT2D eigenvalue weighted by atomic mass is 10.1. The van der Waals surface area contributed by atoms with Crippen LogP contribution in [0, 0.1) is 12.8 Å². The molecule has 3 heterocycles. The molecule has 2 aromatic heterocycles. The fourth-order valence-electron chi connectivity index (χ4n) is 2.87. The summed E-state index contributed by atoms with van der Waals surface area (Å²) in [5, 5.41) is 5.44. The number of anilines is 1. The van der Waals surface area contributed by atoms with Gasteiger partial charge in [0, 0.05) is 29.3 Å². The molecule has 0 spiro atoms. The molecule has 0 bridgehead atoms. The van der Waals surface area contributed by atoms with Crippen LogP contribution < -0.4 is 5.32 Å². The molecule has 0 radical (unpaired) electrons. The predicted octanol–water partition coefficient (Wildman–Crippen LogP) is 3.13. The van der Waals surface area contributed by atoms with E-state index in [2.05, 4.69) is 23.3 Å². The van der Waals surface area contributed by atoms with Crippen molar-refractivity contribution in [2.24, 2.45) is 5.92 Å². The number of amides is 2. The number of aromatic nitrogens is 1. The molecule has 2 fully saturated rings. The monoisotopic (exact) mass is 347 g/mol. The standard InChI is InChI=1S/C16H17N3O2S2/c1-9-2-5-13(23-9)12-8-22-16(17-12)18-15(21)10-6-14(20)19(7-10)11-3-4-11/h2,5,8,10-11H,3-4,6-7H2,1H3,(H,17,18,21). The lowest BCUT2D eigenvalue weighted by molar-refractivity contribution is -0.128. The van der Waals surface area contributed by atoms with Gasteiger partial charge in [-0.25, -0.2) is 4.98 Å². The number of carbonyl (C=O) groups is 2. The predicted molar refractivity (Wildman–Crippen MR) is 91.6 cm³/mol. The second-order valence-corrected chi connectivity index (χ2v) is 8.26. The number of likely N-dealkylation sites (tertiary alicyclic amines) is 1. The Morgan fingerprint density at radius 1 is 1.39 bits per heavy atom. The fourth-order valence-corrected chi connectivity index (χ4v) is 4.49. The summed E-state index contributed by atoms with van der Waals surface area (Å²) in [6.07, 6.45) is 2.48. The van der Waals surface area contributed by atoms with Crippen molar-refractivity contribution in [3.8, 4) is 10.6 Å². The van der Waals surface area contributed by atoms with Crippen LogP contribution in [0.2, 0.25) is 0 Å². The number of nitrogens with zero attached hydrogens (tertiary/aromatic N) is 2. The topological polar surface area (TPSA) is 62.3 Å². The van der Waals surface area contributed by atoms with Crippen molar-refractivity contribution < 1.29 is 9.59 Å². The highest BCUT2D eigenvalue weighted by Crippen LogP contribution is 2.34. The van der Waals surface area contributed by atoms with Gasteiger partial charge >= 0.3 is 0 Å². The Balaban J connectivity index is 1.41. The molecule has 7 heteroatoms. The molecule has 1 atom stereocenters. The SMILES string of the molecule is Cc1ccc(-c2csc(NC(=O)C3CC(=O)N(C4CC4)C3)n2)s1. The van der Waals surface area contributed by atoms with Gasteiger partial charge in [0.15, 0.2) is 5.13 Å². The van der Waals surface area contributed by atoms with Gasteiger partial charge in [0.2, 0.25) is 11.8 Å². The van der Waals surface area contributed by atoms with Crippen LogP contribution in [0.5, 0.6) is 0 Å². The molecule has 1 aliphatic carbocycles. The summed E-state index contributed by atoms with van der Waals surface area (Å²) in [4.78, 5) is 33.0. The third kappa shape index (κ3) is 3.03. The van der Waals surface area contributed by atoms with Crippen molar-refractivity contribution in [2.75, 3.05) is 11.9 Å². The van der Waals surface area contributed by atoms with E-state index in [0.29, 0.717) is 24.1 Å². The van der Waals surface area contributed by atoms with Gasteiger partial charge in [0.1, 0.15) is 0 Å². The van der Waals surface area contributed by atoms with Crippen molar-refractivity contribution in [1.82, 2.24) is 9.88 Å². The number of thiazole rings is 1. The molecule has 0 aromatic carbocycles. The Morgan fingerprint density at radius 2 is 2.22 bits per heavy atom. The molecule has 23 heavy (non-hydrogen) atoms. The van der Waals surface area contributed by atoms with Crippen molar-refractivity contribution >= 4 is 39.6 Å². The maximum atomic E-state index is 12.4. The highest BCUT2D eigenvalue weighted by Gasteiger charge is 2.41. The maximum absolute atomic E-state index is 12.4. The summed E-state index contributed by atoms with van der Waals surface area (Å²) in [6.45, 7) is 2.61. The Hall–Kier alpha value is -1.73. The lowest BCUT2D eigenvalue weighted by Crippen LogP contribution is -2.29. The highest BCUT2D eigenvalue weighted by molar-refractivity contribution is 7.17. The van der Waals surface area contributed by atoms with E-state index < -0.39 is 0 Å². The van der Waals surface area contributed by atoms with Crippen LogP contribution in [-0.4, -0.2) is 34.3 Å². The second-order valence-electron chi connectivity index (χ2n) is 6.12. The van der Waals surface area contributed by atoms with Crippen LogP contribution in [0.1, 0.15) is 24.1 Å². The molecule has 1 aliphatic heterocycles. The van der Waals surface area contributed by atoms with Crippen LogP contribution in [0.4, 0.5) is 5.13 Å². The Labute approximate surface area is 142 Å². The summed E-state index contributed by atoms with van der Waals surface area (Å²) in [6, 6.07) is 4.49. The van der Waals surface area contributed by atoms with Gasteiger partial charge in [-0.15, -0.1) is 22.7 Å². The number of thiophene rings is 1. The first-order valence-electron chi connectivity index (χ1n) is 7.73. The normalized spacial score (nSPS) is 21.0. The van der Waals surface area contributed by atoms with Crippen LogP contribution in [-0.2, 0) is 9.59 Å². The molecule has 5 nitrogen and oxygen atoms in total. The van der Waals surface area contributed by atoms with E-state index in [1.165, 1.54) is 16.2 Å². The Bertz CT molecular complexity index is 763. The third-order valence-corrected chi connectivity index (χ3v) is 6.02. The van der Waals surface area contributed by atoms with E-state index in [-0.39, 0.29) is 17.7 Å². The minimum atomic E-state index is -0.251. The smallest absolute Gasteiger partial charge is 0.231 e. The number of rotatable bonds is 4. The Kier molecular flexibility index (Phi) is 3.69.